The summed E-state index contributed by atoms with van der Waals surface area (Å²) in [5.41, 5.74) is 12.3. The maximum atomic E-state index is 12.0. The van der Waals surface area contributed by atoms with Gasteiger partial charge in [-0.2, -0.15) is 0 Å². The predicted octanol–water partition coefficient (Wildman–Crippen LogP) is 1.24. The molecule has 11 heavy (non-hydrogen) atoms. The third kappa shape index (κ3) is 1.91. The van der Waals surface area contributed by atoms with Gasteiger partial charge in [0.1, 0.15) is 6.67 Å². The molecule has 0 spiro atoms. The molecule has 1 rings (SSSR count). The summed E-state index contributed by atoms with van der Waals surface area (Å²) in [5.74, 6) is 0. The van der Waals surface area contributed by atoms with Gasteiger partial charge in [0.05, 0.1) is 6.04 Å². The Morgan fingerprint density at radius 2 is 1.82 bits per heavy atom. The third-order valence-corrected chi connectivity index (χ3v) is 1.53. The van der Waals surface area contributed by atoms with Crippen LogP contribution >= 0.6 is 0 Å². The van der Waals surface area contributed by atoms with E-state index in [1.165, 1.54) is 0 Å². The van der Waals surface area contributed by atoms with Crippen molar-refractivity contribution in [1.82, 2.24) is 0 Å². The van der Waals surface area contributed by atoms with Crippen LogP contribution in [0.3, 0.4) is 0 Å². The van der Waals surface area contributed by atoms with Crippen molar-refractivity contribution in [3.8, 4) is 0 Å². The second-order valence-corrected chi connectivity index (χ2v) is 2.43. The summed E-state index contributed by atoms with van der Waals surface area (Å²) in [7, 11) is 0. The normalized spacial score (nSPS) is 12.9. The van der Waals surface area contributed by atoms with Gasteiger partial charge >= 0.3 is 0 Å². The highest BCUT2D eigenvalue weighted by atomic mass is 19.1. The molecule has 0 bridgehead atoms. The number of hydrogen-bond donors (Lipinski definition) is 2. The van der Waals surface area contributed by atoms with Crippen LogP contribution in [0.5, 0.6) is 0 Å². The van der Waals surface area contributed by atoms with Gasteiger partial charge in [0.2, 0.25) is 0 Å². The molecule has 0 aliphatic heterocycles. The van der Waals surface area contributed by atoms with E-state index in [0.29, 0.717) is 5.69 Å². The summed E-state index contributed by atoms with van der Waals surface area (Å²) in [6, 6.07) is 6.38. The zero-order valence-electron chi connectivity index (χ0n) is 6.13. The first-order valence-corrected chi connectivity index (χ1v) is 3.41. The van der Waals surface area contributed by atoms with Crippen molar-refractivity contribution in [2.75, 3.05) is 12.4 Å². The quantitative estimate of drug-likeness (QED) is 0.629. The van der Waals surface area contributed by atoms with Gasteiger partial charge in [-0.1, -0.05) is 12.1 Å². The van der Waals surface area contributed by atoms with Crippen molar-refractivity contribution < 1.29 is 4.39 Å². The minimum atomic E-state index is -0.538. The van der Waals surface area contributed by atoms with E-state index in [2.05, 4.69) is 0 Å². The molecule has 3 heteroatoms. The molecule has 0 amide bonds. The smallest absolute Gasteiger partial charge is 0.109 e. The minimum Gasteiger partial charge on any atom is -0.399 e. The largest absolute Gasteiger partial charge is 0.399 e. The van der Waals surface area contributed by atoms with Crippen LogP contribution in [0.15, 0.2) is 24.3 Å². The first kappa shape index (κ1) is 8.01. The molecule has 60 valence electrons. The molecule has 0 unspecified atom stereocenters. The molecule has 0 aliphatic carbocycles. The number of benzene rings is 1. The molecule has 0 saturated heterocycles. The average Bonchev–Trinajstić information content (AvgIpc) is 2.05. The highest BCUT2D eigenvalue weighted by Gasteiger charge is 2.02. The second kappa shape index (κ2) is 3.34. The molecule has 2 nitrogen and oxygen atoms in total. The van der Waals surface area contributed by atoms with E-state index in [0.717, 1.165) is 5.56 Å². The molecule has 1 aromatic carbocycles. The molecule has 1 aromatic rings. The molecule has 0 saturated carbocycles. The maximum Gasteiger partial charge on any atom is 0.109 e. The first-order valence-electron chi connectivity index (χ1n) is 3.41. The zero-order chi connectivity index (χ0) is 8.27. The van der Waals surface area contributed by atoms with Crippen LogP contribution in [-0.2, 0) is 0 Å². The predicted molar refractivity (Wildman–Crippen MR) is 43.8 cm³/mol. The highest BCUT2D eigenvalue weighted by molar-refractivity contribution is 5.40. The fourth-order valence-corrected chi connectivity index (χ4v) is 0.832. The van der Waals surface area contributed by atoms with Crippen molar-refractivity contribution in [2.45, 2.75) is 6.04 Å². The summed E-state index contributed by atoms with van der Waals surface area (Å²) in [5, 5.41) is 0. The van der Waals surface area contributed by atoms with E-state index in [4.69, 9.17) is 11.5 Å². The molecule has 1 atom stereocenters. The van der Waals surface area contributed by atoms with Gasteiger partial charge in [-0.05, 0) is 17.7 Å². The van der Waals surface area contributed by atoms with E-state index in [9.17, 15) is 4.39 Å². The topological polar surface area (TPSA) is 52.0 Å². The Balaban J connectivity index is 2.81. The number of halogens is 1. The van der Waals surface area contributed by atoms with Gasteiger partial charge < -0.3 is 11.5 Å². The van der Waals surface area contributed by atoms with Crippen molar-refractivity contribution in [3.05, 3.63) is 29.8 Å². The Morgan fingerprint density at radius 1 is 1.27 bits per heavy atom. The third-order valence-electron chi connectivity index (χ3n) is 1.53. The Bertz CT molecular complexity index is 220. The van der Waals surface area contributed by atoms with E-state index in [1.807, 2.05) is 0 Å². The summed E-state index contributed by atoms with van der Waals surface area (Å²) >= 11 is 0. The number of alkyl halides is 1. The van der Waals surface area contributed by atoms with Crippen LogP contribution < -0.4 is 11.5 Å². The summed E-state index contributed by atoms with van der Waals surface area (Å²) in [6.07, 6.45) is 0. The van der Waals surface area contributed by atoms with Crippen LogP contribution in [0.25, 0.3) is 0 Å². The molecular weight excluding hydrogens is 143 g/mol. The van der Waals surface area contributed by atoms with E-state index >= 15 is 0 Å². The lowest BCUT2D eigenvalue weighted by atomic mass is 10.1. The second-order valence-electron chi connectivity index (χ2n) is 2.43. The number of rotatable bonds is 2. The number of nitrogens with two attached hydrogens (primary N) is 2. The lowest BCUT2D eigenvalue weighted by Gasteiger charge is -2.06. The Labute approximate surface area is 65.0 Å². The van der Waals surface area contributed by atoms with Crippen molar-refractivity contribution in [2.24, 2.45) is 5.73 Å². The van der Waals surface area contributed by atoms with E-state index in [-0.39, 0.29) is 0 Å². The standard InChI is InChI=1S/C8H11FN2/c9-5-8(11)6-1-3-7(10)4-2-6/h1-4,8H,5,10-11H2/t8-/m0/s1. The average molecular weight is 154 g/mol. The van der Waals surface area contributed by atoms with Gasteiger partial charge in [-0.15, -0.1) is 0 Å². The van der Waals surface area contributed by atoms with Gasteiger partial charge in [-0.3, -0.25) is 0 Å². The SMILES string of the molecule is Nc1ccc([C@@H](N)CF)cc1. The molecule has 0 aliphatic rings. The first-order chi connectivity index (χ1) is 5.24. The summed E-state index contributed by atoms with van der Waals surface area (Å²) in [6.45, 7) is -0.538. The van der Waals surface area contributed by atoms with Gasteiger partial charge in [0, 0.05) is 5.69 Å². The lowest BCUT2D eigenvalue weighted by Crippen LogP contribution is -2.11. The fourth-order valence-electron chi connectivity index (χ4n) is 0.832. The highest BCUT2D eigenvalue weighted by Crippen LogP contribution is 2.12. The molecule has 0 heterocycles. The molecule has 0 aromatic heterocycles. The zero-order valence-corrected chi connectivity index (χ0v) is 6.13. The summed E-state index contributed by atoms with van der Waals surface area (Å²) < 4.78 is 12.0. The Kier molecular flexibility index (Phi) is 2.44. The van der Waals surface area contributed by atoms with Crippen LogP contribution in [0.1, 0.15) is 11.6 Å². The van der Waals surface area contributed by atoms with Crippen LogP contribution in [0.2, 0.25) is 0 Å². The van der Waals surface area contributed by atoms with E-state index in [1.54, 1.807) is 24.3 Å². The van der Waals surface area contributed by atoms with Gasteiger partial charge in [0.25, 0.3) is 0 Å². The summed E-state index contributed by atoms with van der Waals surface area (Å²) in [4.78, 5) is 0. The van der Waals surface area contributed by atoms with Crippen molar-refractivity contribution in [3.63, 3.8) is 0 Å². The van der Waals surface area contributed by atoms with Gasteiger partial charge in [-0.25, -0.2) is 4.39 Å². The number of hydrogen-bond acceptors (Lipinski definition) is 2. The number of anilines is 1. The fraction of sp³-hybridized carbons (Fsp3) is 0.250. The van der Waals surface area contributed by atoms with Crippen molar-refractivity contribution >= 4 is 5.69 Å². The lowest BCUT2D eigenvalue weighted by molar-refractivity contribution is 0.437. The maximum absolute atomic E-state index is 12.0. The molecule has 0 fully saturated rings. The number of nitrogen functional groups attached to an aromatic ring is 1. The van der Waals surface area contributed by atoms with Gasteiger partial charge in [0.15, 0.2) is 0 Å². The van der Waals surface area contributed by atoms with Crippen LogP contribution in [0.4, 0.5) is 10.1 Å². The molecular formula is C8H11FN2. The van der Waals surface area contributed by atoms with Crippen LogP contribution in [0, 0.1) is 0 Å². The molecule has 4 N–H and O–H groups in total. The monoisotopic (exact) mass is 154 g/mol. The Hall–Kier alpha value is -1.09. The van der Waals surface area contributed by atoms with Crippen LogP contribution in [-0.4, -0.2) is 6.67 Å². The molecule has 0 radical (unpaired) electrons. The van der Waals surface area contributed by atoms with Crippen molar-refractivity contribution in [1.29, 1.82) is 0 Å². The minimum absolute atomic E-state index is 0.518. The Morgan fingerprint density at radius 3 is 2.27 bits per heavy atom. The van der Waals surface area contributed by atoms with E-state index < -0.39 is 12.7 Å².